The molecular formula is C13H23N. The summed E-state index contributed by atoms with van der Waals surface area (Å²) in [4.78, 5) is 2.34. The fourth-order valence-electron chi connectivity index (χ4n) is 1.36. The smallest absolute Gasteiger partial charge is 0.0230 e. The first kappa shape index (κ1) is 13.2. The van der Waals surface area contributed by atoms with E-state index in [-0.39, 0.29) is 0 Å². The molecule has 0 amide bonds. The molecular weight excluding hydrogens is 170 g/mol. The van der Waals surface area contributed by atoms with E-state index in [1.165, 1.54) is 18.5 Å². The molecule has 1 aromatic carbocycles. The van der Waals surface area contributed by atoms with E-state index < -0.39 is 0 Å². The van der Waals surface area contributed by atoms with Crippen molar-refractivity contribution in [3.8, 4) is 0 Å². The zero-order valence-corrected chi connectivity index (χ0v) is 9.96. The average Bonchev–Trinajstić information content (AvgIpc) is 2.22. The lowest BCUT2D eigenvalue weighted by Gasteiger charge is -2.14. The minimum Gasteiger partial charge on any atom is -0.302 e. The molecule has 1 heteroatoms. The Kier molecular flexibility index (Phi) is 8.25. The Hall–Kier alpha value is -0.820. The number of hydrogen-bond acceptors (Lipinski definition) is 1. The summed E-state index contributed by atoms with van der Waals surface area (Å²) in [5.74, 6) is 0. The normalized spacial score (nSPS) is 9.50. The van der Waals surface area contributed by atoms with Gasteiger partial charge in [0.05, 0.1) is 0 Å². The molecule has 14 heavy (non-hydrogen) atoms. The first-order valence-electron chi connectivity index (χ1n) is 5.55. The molecule has 0 bridgehead atoms. The van der Waals surface area contributed by atoms with Crippen molar-refractivity contribution in [3.05, 3.63) is 35.9 Å². The van der Waals surface area contributed by atoms with Gasteiger partial charge >= 0.3 is 0 Å². The van der Waals surface area contributed by atoms with Crippen molar-refractivity contribution in [1.29, 1.82) is 0 Å². The van der Waals surface area contributed by atoms with Crippen LogP contribution in [-0.2, 0) is 6.54 Å². The molecule has 0 saturated carbocycles. The predicted octanol–water partition coefficient (Wildman–Crippen LogP) is 3.55. The van der Waals surface area contributed by atoms with Gasteiger partial charge in [-0.2, -0.15) is 0 Å². The molecule has 0 heterocycles. The third-order valence-corrected chi connectivity index (χ3v) is 1.90. The topological polar surface area (TPSA) is 3.24 Å². The third kappa shape index (κ3) is 5.76. The zero-order chi connectivity index (χ0) is 10.8. The summed E-state index contributed by atoms with van der Waals surface area (Å²) in [6.07, 6.45) is 1.23. The van der Waals surface area contributed by atoms with Gasteiger partial charge in [-0.15, -0.1) is 0 Å². The lowest BCUT2D eigenvalue weighted by molar-refractivity contribution is 0.327. The fraction of sp³-hybridized carbons (Fsp3) is 0.538. The van der Waals surface area contributed by atoms with Crippen LogP contribution in [0, 0.1) is 0 Å². The lowest BCUT2D eigenvalue weighted by atomic mass is 10.2. The molecule has 0 aromatic heterocycles. The van der Waals surface area contributed by atoms with Crippen molar-refractivity contribution in [2.24, 2.45) is 0 Å². The summed E-state index contributed by atoms with van der Waals surface area (Å²) in [6.45, 7) is 8.45. The van der Waals surface area contributed by atoms with Crippen LogP contribution in [0.15, 0.2) is 30.3 Å². The van der Waals surface area contributed by atoms with E-state index in [2.05, 4.69) is 49.2 Å². The Morgan fingerprint density at radius 3 is 2.14 bits per heavy atom. The molecule has 1 aromatic rings. The molecule has 0 N–H and O–H groups in total. The van der Waals surface area contributed by atoms with Crippen molar-refractivity contribution in [3.63, 3.8) is 0 Å². The van der Waals surface area contributed by atoms with Crippen molar-refractivity contribution >= 4 is 0 Å². The van der Waals surface area contributed by atoms with Gasteiger partial charge in [-0.3, -0.25) is 0 Å². The largest absolute Gasteiger partial charge is 0.302 e. The monoisotopic (exact) mass is 193 g/mol. The average molecular weight is 193 g/mol. The number of rotatable bonds is 4. The molecule has 0 spiro atoms. The second kappa shape index (κ2) is 8.76. The van der Waals surface area contributed by atoms with E-state index in [1.807, 2.05) is 13.8 Å². The summed E-state index contributed by atoms with van der Waals surface area (Å²) in [5, 5.41) is 0. The van der Waals surface area contributed by atoms with Crippen molar-refractivity contribution < 1.29 is 0 Å². The molecule has 0 saturated heterocycles. The number of benzene rings is 1. The van der Waals surface area contributed by atoms with Gasteiger partial charge in [-0.25, -0.2) is 0 Å². The maximum Gasteiger partial charge on any atom is 0.0230 e. The summed E-state index contributed by atoms with van der Waals surface area (Å²) < 4.78 is 0. The molecule has 0 radical (unpaired) electrons. The van der Waals surface area contributed by atoms with Gasteiger partial charge in [0.2, 0.25) is 0 Å². The van der Waals surface area contributed by atoms with E-state index in [0.717, 1.165) is 6.54 Å². The highest BCUT2D eigenvalue weighted by molar-refractivity contribution is 5.14. The maximum atomic E-state index is 2.34. The van der Waals surface area contributed by atoms with E-state index in [4.69, 9.17) is 0 Å². The molecule has 0 aliphatic rings. The van der Waals surface area contributed by atoms with Crippen LogP contribution in [0.3, 0.4) is 0 Å². The third-order valence-electron chi connectivity index (χ3n) is 1.90. The molecule has 0 aliphatic heterocycles. The van der Waals surface area contributed by atoms with Crippen molar-refractivity contribution in [2.75, 3.05) is 13.6 Å². The van der Waals surface area contributed by atoms with Gasteiger partial charge in [0, 0.05) is 6.54 Å². The Morgan fingerprint density at radius 1 is 1.07 bits per heavy atom. The van der Waals surface area contributed by atoms with Crippen LogP contribution in [0.5, 0.6) is 0 Å². The summed E-state index contributed by atoms with van der Waals surface area (Å²) in [6, 6.07) is 10.6. The molecule has 1 nitrogen and oxygen atoms in total. The molecule has 0 fully saturated rings. The Morgan fingerprint density at radius 2 is 1.64 bits per heavy atom. The van der Waals surface area contributed by atoms with E-state index in [0.29, 0.717) is 0 Å². The highest BCUT2D eigenvalue weighted by Crippen LogP contribution is 2.02. The van der Waals surface area contributed by atoms with Gasteiger partial charge in [-0.05, 0) is 25.6 Å². The van der Waals surface area contributed by atoms with Gasteiger partial charge in [0.25, 0.3) is 0 Å². The van der Waals surface area contributed by atoms with Crippen LogP contribution >= 0.6 is 0 Å². The maximum absolute atomic E-state index is 2.34. The van der Waals surface area contributed by atoms with E-state index in [1.54, 1.807) is 0 Å². The van der Waals surface area contributed by atoms with Gasteiger partial charge < -0.3 is 4.90 Å². The SMILES string of the molecule is CC.CCCN(C)Cc1ccccc1. The number of hydrogen-bond donors (Lipinski definition) is 0. The van der Waals surface area contributed by atoms with Crippen LogP contribution in [0.25, 0.3) is 0 Å². The van der Waals surface area contributed by atoms with Crippen LogP contribution in [0.2, 0.25) is 0 Å². The summed E-state index contributed by atoms with van der Waals surface area (Å²) in [7, 11) is 2.16. The lowest BCUT2D eigenvalue weighted by Crippen LogP contribution is -2.18. The Bertz CT molecular complexity index is 206. The minimum atomic E-state index is 1.06. The van der Waals surface area contributed by atoms with Crippen molar-refractivity contribution in [2.45, 2.75) is 33.7 Å². The van der Waals surface area contributed by atoms with Gasteiger partial charge in [0.1, 0.15) is 0 Å². The predicted molar refractivity (Wildman–Crippen MR) is 64.4 cm³/mol. The van der Waals surface area contributed by atoms with E-state index >= 15 is 0 Å². The first-order chi connectivity index (χ1) is 6.83. The standard InChI is InChI=1S/C11H17N.C2H6/c1-3-9-12(2)10-11-7-5-4-6-8-11;1-2/h4-8H,3,9-10H2,1-2H3;1-2H3. The van der Waals surface area contributed by atoms with E-state index in [9.17, 15) is 0 Å². The number of nitrogens with zero attached hydrogens (tertiary/aromatic N) is 1. The quantitative estimate of drug-likeness (QED) is 0.707. The summed E-state index contributed by atoms with van der Waals surface area (Å²) in [5.41, 5.74) is 1.40. The second-order valence-electron chi connectivity index (χ2n) is 3.22. The Balaban J connectivity index is 0.000000791. The molecule has 1 rings (SSSR count). The Labute approximate surface area is 88.8 Å². The fourth-order valence-corrected chi connectivity index (χ4v) is 1.36. The van der Waals surface area contributed by atoms with Crippen LogP contribution < -0.4 is 0 Å². The molecule has 80 valence electrons. The molecule has 0 aliphatic carbocycles. The van der Waals surface area contributed by atoms with Crippen LogP contribution in [-0.4, -0.2) is 18.5 Å². The van der Waals surface area contributed by atoms with Gasteiger partial charge in [0.15, 0.2) is 0 Å². The van der Waals surface area contributed by atoms with Gasteiger partial charge in [-0.1, -0.05) is 51.1 Å². The summed E-state index contributed by atoms with van der Waals surface area (Å²) >= 11 is 0. The highest BCUT2D eigenvalue weighted by atomic mass is 15.1. The highest BCUT2D eigenvalue weighted by Gasteiger charge is 1.96. The van der Waals surface area contributed by atoms with Crippen LogP contribution in [0.1, 0.15) is 32.8 Å². The molecule has 0 atom stereocenters. The van der Waals surface area contributed by atoms with Crippen LogP contribution in [0.4, 0.5) is 0 Å². The minimum absolute atomic E-state index is 1.06. The second-order valence-corrected chi connectivity index (χ2v) is 3.22. The first-order valence-corrected chi connectivity index (χ1v) is 5.55. The van der Waals surface area contributed by atoms with Crippen molar-refractivity contribution in [1.82, 2.24) is 4.90 Å². The zero-order valence-electron chi connectivity index (χ0n) is 9.96. The molecule has 0 unspecified atom stereocenters.